The average molecular weight is 224 g/mol. The van der Waals surface area contributed by atoms with Crippen LogP contribution in [0.5, 0.6) is 11.5 Å². The molecule has 0 saturated carbocycles. The molecule has 0 aliphatic heterocycles. The van der Waals surface area contributed by atoms with E-state index in [-0.39, 0.29) is 6.61 Å². The van der Waals surface area contributed by atoms with Gasteiger partial charge in [0.25, 0.3) is 0 Å². The predicted molar refractivity (Wildman–Crippen MR) is 64.4 cm³/mol. The molecule has 0 saturated heterocycles. The molecule has 0 bridgehead atoms. The van der Waals surface area contributed by atoms with Crippen LogP contribution >= 0.6 is 0 Å². The minimum absolute atomic E-state index is 0.114. The molecule has 0 amide bonds. The lowest BCUT2D eigenvalue weighted by atomic mass is 9.93. The van der Waals surface area contributed by atoms with Gasteiger partial charge in [-0.2, -0.15) is 0 Å². The Hall–Kier alpha value is -1.22. The number of benzene rings is 1. The summed E-state index contributed by atoms with van der Waals surface area (Å²) in [5.74, 6) is 2.02. The van der Waals surface area contributed by atoms with Gasteiger partial charge in [0.2, 0.25) is 0 Å². The first-order chi connectivity index (χ1) is 7.65. The molecule has 1 N–H and O–H groups in total. The van der Waals surface area contributed by atoms with Crippen molar-refractivity contribution >= 4 is 0 Å². The van der Waals surface area contributed by atoms with Crippen LogP contribution in [-0.4, -0.2) is 25.9 Å². The highest BCUT2D eigenvalue weighted by Gasteiger charge is 2.16. The lowest BCUT2D eigenvalue weighted by Gasteiger charge is -2.19. The van der Waals surface area contributed by atoms with Gasteiger partial charge in [-0.1, -0.05) is 13.8 Å². The van der Waals surface area contributed by atoms with Gasteiger partial charge in [0.15, 0.2) is 0 Å². The number of rotatable bonds is 5. The Morgan fingerprint density at radius 1 is 1.12 bits per heavy atom. The van der Waals surface area contributed by atoms with Crippen LogP contribution in [0.2, 0.25) is 0 Å². The highest BCUT2D eigenvalue weighted by molar-refractivity contribution is 5.50. The molecule has 1 rings (SSSR count). The molecule has 0 atom stereocenters. The summed E-state index contributed by atoms with van der Waals surface area (Å²) in [7, 11) is 3.31. The highest BCUT2D eigenvalue weighted by Crippen LogP contribution is 2.35. The fourth-order valence-corrected chi connectivity index (χ4v) is 2.00. The van der Waals surface area contributed by atoms with Gasteiger partial charge in [0.1, 0.15) is 11.5 Å². The Kier molecular flexibility index (Phi) is 4.62. The van der Waals surface area contributed by atoms with Gasteiger partial charge in [-0.25, -0.2) is 0 Å². The molecule has 0 spiro atoms. The molecule has 3 heteroatoms. The average Bonchev–Trinajstić information content (AvgIpc) is 2.28. The van der Waals surface area contributed by atoms with Crippen LogP contribution in [0.1, 0.15) is 30.9 Å². The van der Waals surface area contributed by atoms with E-state index < -0.39 is 0 Å². The summed E-state index contributed by atoms with van der Waals surface area (Å²) in [5, 5.41) is 9.11. The monoisotopic (exact) mass is 224 g/mol. The summed E-state index contributed by atoms with van der Waals surface area (Å²) < 4.78 is 10.7. The molecule has 1 aromatic rings. The Labute approximate surface area is 97.0 Å². The van der Waals surface area contributed by atoms with Crippen molar-refractivity contribution in [2.45, 2.75) is 26.2 Å². The fraction of sp³-hybridized carbons (Fsp3) is 0.538. The first kappa shape index (κ1) is 12.8. The second-order valence-electron chi connectivity index (χ2n) is 3.99. The standard InChI is InChI=1S/C13H20O3/c1-9(2)13-10(7-8-14)11(15-3)5-6-12(13)16-4/h5-6,9,14H,7-8H2,1-4H3. The maximum absolute atomic E-state index is 9.11. The summed E-state index contributed by atoms with van der Waals surface area (Å²) >= 11 is 0. The van der Waals surface area contributed by atoms with Gasteiger partial charge >= 0.3 is 0 Å². The Balaban J connectivity index is 3.34. The van der Waals surface area contributed by atoms with Crippen LogP contribution in [0, 0.1) is 0 Å². The SMILES string of the molecule is COc1ccc(OC)c(C(C)C)c1CCO. The van der Waals surface area contributed by atoms with Crippen molar-refractivity contribution in [3.8, 4) is 11.5 Å². The predicted octanol–water partition coefficient (Wildman–Crippen LogP) is 2.36. The van der Waals surface area contributed by atoms with Crippen LogP contribution in [0.25, 0.3) is 0 Å². The highest BCUT2D eigenvalue weighted by atomic mass is 16.5. The quantitative estimate of drug-likeness (QED) is 0.834. The van der Waals surface area contributed by atoms with Crippen molar-refractivity contribution in [3.05, 3.63) is 23.3 Å². The number of hydrogen-bond acceptors (Lipinski definition) is 3. The molecule has 1 aromatic carbocycles. The topological polar surface area (TPSA) is 38.7 Å². The van der Waals surface area contributed by atoms with E-state index >= 15 is 0 Å². The van der Waals surface area contributed by atoms with Crippen molar-refractivity contribution in [2.24, 2.45) is 0 Å². The molecule has 0 aliphatic rings. The number of ether oxygens (including phenoxy) is 2. The zero-order chi connectivity index (χ0) is 12.1. The smallest absolute Gasteiger partial charge is 0.122 e. The van der Waals surface area contributed by atoms with Crippen LogP contribution < -0.4 is 9.47 Å². The van der Waals surface area contributed by atoms with E-state index in [0.717, 1.165) is 22.6 Å². The second-order valence-corrected chi connectivity index (χ2v) is 3.99. The van der Waals surface area contributed by atoms with Gasteiger partial charge in [-0.3, -0.25) is 0 Å². The lowest BCUT2D eigenvalue weighted by molar-refractivity contribution is 0.295. The maximum Gasteiger partial charge on any atom is 0.122 e. The van der Waals surface area contributed by atoms with E-state index in [0.29, 0.717) is 12.3 Å². The molecule has 16 heavy (non-hydrogen) atoms. The molecule has 0 aliphatic carbocycles. The molecule has 0 radical (unpaired) electrons. The second kappa shape index (κ2) is 5.75. The van der Waals surface area contributed by atoms with Gasteiger partial charge in [-0.05, 0) is 24.5 Å². The number of methoxy groups -OCH3 is 2. The molecule has 0 heterocycles. The van der Waals surface area contributed by atoms with E-state index in [2.05, 4.69) is 13.8 Å². The largest absolute Gasteiger partial charge is 0.496 e. The number of aliphatic hydroxyl groups is 1. The van der Waals surface area contributed by atoms with Crippen LogP contribution in [-0.2, 0) is 6.42 Å². The first-order valence-corrected chi connectivity index (χ1v) is 5.50. The third-order valence-corrected chi connectivity index (χ3v) is 2.65. The zero-order valence-corrected chi connectivity index (χ0v) is 10.4. The van der Waals surface area contributed by atoms with Crippen LogP contribution in [0.3, 0.4) is 0 Å². The molecule has 90 valence electrons. The Bertz CT molecular complexity index is 345. The number of aliphatic hydroxyl groups excluding tert-OH is 1. The first-order valence-electron chi connectivity index (χ1n) is 5.50. The zero-order valence-electron chi connectivity index (χ0n) is 10.4. The van der Waals surface area contributed by atoms with Crippen LogP contribution in [0.4, 0.5) is 0 Å². The fourth-order valence-electron chi connectivity index (χ4n) is 2.00. The molecule has 3 nitrogen and oxygen atoms in total. The minimum Gasteiger partial charge on any atom is -0.496 e. The van der Waals surface area contributed by atoms with Crippen LogP contribution in [0.15, 0.2) is 12.1 Å². The van der Waals surface area contributed by atoms with Crippen molar-refractivity contribution in [2.75, 3.05) is 20.8 Å². The minimum atomic E-state index is 0.114. The summed E-state index contributed by atoms with van der Waals surface area (Å²) in [6.07, 6.45) is 0.591. The summed E-state index contributed by atoms with van der Waals surface area (Å²) in [5.41, 5.74) is 2.16. The Morgan fingerprint density at radius 3 is 2.12 bits per heavy atom. The van der Waals surface area contributed by atoms with E-state index in [1.807, 2.05) is 12.1 Å². The van der Waals surface area contributed by atoms with E-state index in [9.17, 15) is 0 Å². The summed E-state index contributed by atoms with van der Waals surface area (Å²) in [6.45, 7) is 4.33. The maximum atomic E-state index is 9.11. The van der Waals surface area contributed by atoms with E-state index in [1.54, 1.807) is 14.2 Å². The molecular weight excluding hydrogens is 204 g/mol. The Morgan fingerprint density at radius 2 is 1.69 bits per heavy atom. The van der Waals surface area contributed by atoms with Crippen molar-refractivity contribution in [3.63, 3.8) is 0 Å². The van der Waals surface area contributed by atoms with E-state index in [1.165, 1.54) is 0 Å². The van der Waals surface area contributed by atoms with Gasteiger partial charge in [0.05, 0.1) is 14.2 Å². The molecular formula is C13H20O3. The summed E-state index contributed by atoms with van der Waals surface area (Å²) in [4.78, 5) is 0. The number of hydrogen-bond donors (Lipinski definition) is 1. The molecule has 0 aromatic heterocycles. The van der Waals surface area contributed by atoms with Gasteiger partial charge in [0, 0.05) is 17.7 Å². The van der Waals surface area contributed by atoms with Crippen molar-refractivity contribution in [1.82, 2.24) is 0 Å². The normalized spacial score (nSPS) is 10.6. The summed E-state index contributed by atoms with van der Waals surface area (Å²) in [6, 6.07) is 3.80. The van der Waals surface area contributed by atoms with Crippen molar-refractivity contribution < 1.29 is 14.6 Å². The molecule has 0 fully saturated rings. The van der Waals surface area contributed by atoms with Gasteiger partial charge < -0.3 is 14.6 Å². The third-order valence-electron chi connectivity index (χ3n) is 2.65. The molecule has 0 unspecified atom stereocenters. The lowest BCUT2D eigenvalue weighted by Crippen LogP contribution is -2.05. The van der Waals surface area contributed by atoms with Crippen molar-refractivity contribution in [1.29, 1.82) is 0 Å². The van der Waals surface area contributed by atoms with Gasteiger partial charge in [-0.15, -0.1) is 0 Å². The third kappa shape index (κ3) is 2.47. The van der Waals surface area contributed by atoms with E-state index in [4.69, 9.17) is 14.6 Å².